The number of carbonyl (C=O) groups excluding carboxylic acids is 1. The number of aromatic nitrogens is 1. The molecule has 0 saturated carbocycles. The Hall–Kier alpha value is -2.37. The quantitative estimate of drug-likeness (QED) is 0.672. The van der Waals surface area contributed by atoms with Gasteiger partial charge in [-0.2, -0.15) is 0 Å². The maximum atomic E-state index is 12.3. The van der Waals surface area contributed by atoms with E-state index in [2.05, 4.69) is 16.4 Å². The van der Waals surface area contributed by atoms with Crippen LogP contribution in [0.2, 0.25) is 5.02 Å². The number of methoxy groups -OCH3 is 1. The number of ether oxygens (including phenoxy) is 1. The number of halogens is 1. The van der Waals surface area contributed by atoms with Crippen LogP contribution in [-0.4, -0.2) is 18.0 Å². The molecule has 0 saturated heterocycles. The number of benzene rings is 2. The molecule has 6 heteroatoms. The first-order valence-electron chi connectivity index (χ1n) is 7.66. The highest BCUT2D eigenvalue weighted by molar-refractivity contribution is 7.14. The maximum absolute atomic E-state index is 12.3. The molecular formula is C19H17ClN2O2S. The second kappa shape index (κ2) is 7.25. The number of hydrogen-bond acceptors (Lipinski definition) is 4. The molecule has 1 N–H and O–H groups in total. The fourth-order valence-corrected chi connectivity index (χ4v) is 3.26. The van der Waals surface area contributed by atoms with E-state index in [1.807, 2.05) is 25.3 Å². The van der Waals surface area contributed by atoms with Crippen molar-refractivity contribution in [3.05, 3.63) is 63.5 Å². The van der Waals surface area contributed by atoms with E-state index < -0.39 is 0 Å². The SMILES string of the molecule is COc1cc(-c2csc(NC(=O)c3ccc(Cl)cc3)n2)cc(C)c1C. The molecule has 0 aliphatic rings. The zero-order chi connectivity index (χ0) is 18.0. The van der Waals surface area contributed by atoms with Gasteiger partial charge in [0, 0.05) is 21.5 Å². The second-order valence-corrected chi connectivity index (χ2v) is 6.91. The lowest BCUT2D eigenvalue weighted by Crippen LogP contribution is -2.11. The molecule has 3 rings (SSSR count). The molecule has 2 aromatic carbocycles. The highest BCUT2D eigenvalue weighted by atomic mass is 35.5. The molecular weight excluding hydrogens is 356 g/mol. The van der Waals surface area contributed by atoms with Gasteiger partial charge in [0.25, 0.3) is 5.91 Å². The van der Waals surface area contributed by atoms with Crippen molar-refractivity contribution in [3.8, 4) is 17.0 Å². The summed E-state index contributed by atoms with van der Waals surface area (Å²) in [4.78, 5) is 16.8. The zero-order valence-electron chi connectivity index (χ0n) is 14.1. The molecule has 1 aromatic heterocycles. The molecule has 0 fully saturated rings. The van der Waals surface area contributed by atoms with Gasteiger partial charge in [0.15, 0.2) is 5.13 Å². The van der Waals surface area contributed by atoms with E-state index in [9.17, 15) is 4.79 Å². The summed E-state index contributed by atoms with van der Waals surface area (Å²) in [6, 6.07) is 10.8. The highest BCUT2D eigenvalue weighted by Crippen LogP contribution is 2.31. The van der Waals surface area contributed by atoms with Gasteiger partial charge in [0.2, 0.25) is 0 Å². The third kappa shape index (κ3) is 3.83. The molecule has 25 heavy (non-hydrogen) atoms. The monoisotopic (exact) mass is 372 g/mol. The minimum atomic E-state index is -0.213. The van der Waals surface area contributed by atoms with Gasteiger partial charge < -0.3 is 4.74 Å². The number of thiazole rings is 1. The number of carbonyl (C=O) groups is 1. The van der Waals surface area contributed by atoms with E-state index in [1.165, 1.54) is 11.3 Å². The zero-order valence-corrected chi connectivity index (χ0v) is 15.7. The third-order valence-corrected chi connectivity index (χ3v) is 4.98. The van der Waals surface area contributed by atoms with Crippen LogP contribution in [0.25, 0.3) is 11.3 Å². The van der Waals surface area contributed by atoms with Crippen molar-refractivity contribution in [2.24, 2.45) is 0 Å². The number of hydrogen-bond donors (Lipinski definition) is 1. The Morgan fingerprint density at radius 1 is 1.20 bits per heavy atom. The topological polar surface area (TPSA) is 51.2 Å². The van der Waals surface area contributed by atoms with Gasteiger partial charge in [0.1, 0.15) is 5.75 Å². The second-order valence-electron chi connectivity index (χ2n) is 5.62. The molecule has 0 aliphatic heterocycles. The van der Waals surface area contributed by atoms with Crippen LogP contribution in [0.4, 0.5) is 5.13 Å². The Kier molecular flexibility index (Phi) is 5.06. The summed E-state index contributed by atoms with van der Waals surface area (Å²) >= 11 is 7.23. The van der Waals surface area contributed by atoms with Crippen LogP contribution in [0.1, 0.15) is 21.5 Å². The molecule has 0 bridgehead atoms. The summed E-state index contributed by atoms with van der Waals surface area (Å²) in [5.41, 5.74) is 4.54. The van der Waals surface area contributed by atoms with E-state index in [0.29, 0.717) is 15.7 Å². The smallest absolute Gasteiger partial charge is 0.257 e. The van der Waals surface area contributed by atoms with Crippen molar-refractivity contribution in [1.82, 2.24) is 4.98 Å². The van der Waals surface area contributed by atoms with Crippen LogP contribution in [0, 0.1) is 13.8 Å². The molecule has 0 unspecified atom stereocenters. The number of rotatable bonds is 4. The van der Waals surface area contributed by atoms with Gasteiger partial charge in [-0.1, -0.05) is 11.6 Å². The number of nitrogens with zero attached hydrogens (tertiary/aromatic N) is 1. The van der Waals surface area contributed by atoms with Crippen molar-refractivity contribution in [1.29, 1.82) is 0 Å². The fourth-order valence-electron chi connectivity index (χ4n) is 2.42. The third-order valence-electron chi connectivity index (χ3n) is 3.97. The van der Waals surface area contributed by atoms with Crippen LogP contribution in [0.15, 0.2) is 41.8 Å². The Morgan fingerprint density at radius 2 is 1.92 bits per heavy atom. The van der Waals surface area contributed by atoms with Crippen molar-refractivity contribution in [3.63, 3.8) is 0 Å². The van der Waals surface area contributed by atoms with E-state index in [4.69, 9.17) is 16.3 Å². The Labute approximate surface area is 155 Å². The Bertz CT molecular complexity index is 920. The predicted molar refractivity (Wildman–Crippen MR) is 103 cm³/mol. The lowest BCUT2D eigenvalue weighted by Gasteiger charge is -2.09. The molecule has 0 aliphatic carbocycles. The molecule has 4 nitrogen and oxygen atoms in total. The van der Waals surface area contributed by atoms with Gasteiger partial charge >= 0.3 is 0 Å². The van der Waals surface area contributed by atoms with E-state index in [0.717, 1.165) is 28.1 Å². The van der Waals surface area contributed by atoms with Crippen LogP contribution in [0.5, 0.6) is 5.75 Å². The van der Waals surface area contributed by atoms with Gasteiger partial charge in [-0.05, 0) is 61.4 Å². The summed E-state index contributed by atoms with van der Waals surface area (Å²) in [6.07, 6.45) is 0. The standard InChI is InChI=1S/C19H17ClN2O2S/c1-11-8-14(9-17(24-3)12(11)2)16-10-25-19(21-16)22-18(23)13-4-6-15(20)7-5-13/h4-10H,1-3H3,(H,21,22,23). The van der Waals surface area contributed by atoms with Crippen LogP contribution in [-0.2, 0) is 0 Å². The molecule has 0 spiro atoms. The van der Waals surface area contributed by atoms with Gasteiger partial charge in [-0.3, -0.25) is 10.1 Å². The van der Waals surface area contributed by atoms with E-state index >= 15 is 0 Å². The number of aryl methyl sites for hydroxylation is 1. The number of nitrogens with one attached hydrogen (secondary N) is 1. The summed E-state index contributed by atoms with van der Waals surface area (Å²) in [6.45, 7) is 4.06. The fraction of sp³-hybridized carbons (Fsp3) is 0.158. The van der Waals surface area contributed by atoms with Gasteiger partial charge in [0.05, 0.1) is 12.8 Å². The summed E-state index contributed by atoms with van der Waals surface area (Å²) in [5.74, 6) is 0.616. The van der Waals surface area contributed by atoms with E-state index in [-0.39, 0.29) is 5.91 Å². The Morgan fingerprint density at radius 3 is 2.60 bits per heavy atom. The minimum absolute atomic E-state index is 0.213. The number of anilines is 1. The van der Waals surface area contributed by atoms with Crippen molar-refractivity contribution < 1.29 is 9.53 Å². The molecule has 0 radical (unpaired) electrons. The summed E-state index contributed by atoms with van der Waals surface area (Å²) < 4.78 is 5.42. The average Bonchev–Trinajstić information content (AvgIpc) is 3.06. The van der Waals surface area contributed by atoms with Crippen molar-refractivity contribution >= 4 is 34.0 Å². The first-order chi connectivity index (χ1) is 12.0. The molecule has 3 aromatic rings. The molecule has 0 atom stereocenters. The Balaban J connectivity index is 1.82. The van der Waals surface area contributed by atoms with Gasteiger partial charge in [-0.25, -0.2) is 4.98 Å². The predicted octanol–water partition coefficient (Wildman–Crippen LogP) is 5.34. The van der Waals surface area contributed by atoms with Gasteiger partial charge in [-0.15, -0.1) is 11.3 Å². The van der Waals surface area contributed by atoms with Crippen molar-refractivity contribution in [2.75, 3.05) is 12.4 Å². The van der Waals surface area contributed by atoms with Crippen LogP contribution >= 0.6 is 22.9 Å². The van der Waals surface area contributed by atoms with Crippen molar-refractivity contribution in [2.45, 2.75) is 13.8 Å². The van der Waals surface area contributed by atoms with E-state index in [1.54, 1.807) is 31.4 Å². The van der Waals surface area contributed by atoms with Crippen LogP contribution < -0.4 is 10.1 Å². The largest absolute Gasteiger partial charge is 0.496 e. The summed E-state index contributed by atoms with van der Waals surface area (Å²) in [5, 5.41) is 5.88. The molecule has 1 amide bonds. The molecule has 128 valence electrons. The first-order valence-corrected chi connectivity index (χ1v) is 8.91. The minimum Gasteiger partial charge on any atom is -0.496 e. The average molecular weight is 373 g/mol. The first kappa shape index (κ1) is 17.5. The van der Waals surface area contributed by atoms with Crippen LogP contribution in [0.3, 0.4) is 0 Å². The lowest BCUT2D eigenvalue weighted by molar-refractivity contribution is 0.102. The lowest BCUT2D eigenvalue weighted by atomic mass is 10.0. The number of amides is 1. The normalized spacial score (nSPS) is 10.6. The summed E-state index contributed by atoms with van der Waals surface area (Å²) in [7, 11) is 1.66. The highest BCUT2D eigenvalue weighted by Gasteiger charge is 2.12. The maximum Gasteiger partial charge on any atom is 0.257 e. The molecule has 1 heterocycles.